The minimum Gasteiger partial charge on any atom is -0.279 e. The Morgan fingerprint density at radius 3 is 2.71 bits per heavy atom. The molecule has 3 heteroatoms. The van der Waals surface area contributed by atoms with Gasteiger partial charge in [-0.15, -0.1) is 0 Å². The minimum absolute atomic E-state index is 0.0159. The summed E-state index contributed by atoms with van der Waals surface area (Å²) in [6, 6.07) is 10.1. The zero-order chi connectivity index (χ0) is 12.3. The molecular formula is C14H17NO2. The minimum atomic E-state index is -0.0477. The van der Waals surface area contributed by atoms with Crippen molar-refractivity contribution in [3.05, 3.63) is 35.9 Å². The van der Waals surface area contributed by atoms with E-state index in [0.29, 0.717) is 12.8 Å². The van der Waals surface area contributed by atoms with Gasteiger partial charge in [0, 0.05) is 18.9 Å². The molecule has 0 N–H and O–H groups in total. The maximum atomic E-state index is 11.7. The van der Waals surface area contributed by atoms with Crippen LogP contribution in [0.4, 0.5) is 0 Å². The third kappa shape index (κ3) is 2.54. The highest BCUT2D eigenvalue weighted by Gasteiger charge is 2.34. The number of carbonyl (C=O) groups is 2. The van der Waals surface area contributed by atoms with Crippen LogP contribution >= 0.6 is 0 Å². The molecule has 0 aromatic heterocycles. The van der Waals surface area contributed by atoms with Gasteiger partial charge in [0.05, 0.1) is 0 Å². The zero-order valence-electron chi connectivity index (χ0n) is 10.1. The summed E-state index contributed by atoms with van der Waals surface area (Å²) >= 11 is 0. The van der Waals surface area contributed by atoms with Crippen LogP contribution in [0.25, 0.3) is 0 Å². The van der Waals surface area contributed by atoms with Crippen LogP contribution in [-0.2, 0) is 16.0 Å². The molecule has 0 bridgehead atoms. The van der Waals surface area contributed by atoms with Crippen molar-refractivity contribution in [1.29, 1.82) is 0 Å². The molecule has 1 aromatic carbocycles. The number of imide groups is 1. The van der Waals surface area contributed by atoms with E-state index in [-0.39, 0.29) is 17.9 Å². The van der Waals surface area contributed by atoms with Gasteiger partial charge in [-0.1, -0.05) is 37.3 Å². The van der Waals surface area contributed by atoms with Gasteiger partial charge in [0.15, 0.2) is 0 Å². The van der Waals surface area contributed by atoms with Gasteiger partial charge in [0.2, 0.25) is 11.8 Å². The number of hydrogen-bond acceptors (Lipinski definition) is 2. The van der Waals surface area contributed by atoms with E-state index >= 15 is 0 Å². The van der Waals surface area contributed by atoms with E-state index in [9.17, 15) is 9.59 Å². The molecule has 1 fully saturated rings. The third-order valence-electron chi connectivity index (χ3n) is 3.21. The number of amides is 2. The Hall–Kier alpha value is -1.64. The summed E-state index contributed by atoms with van der Waals surface area (Å²) in [6.45, 7) is 1.80. The summed E-state index contributed by atoms with van der Waals surface area (Å²) in [6.07, 6.45) is 2.47. The molecule has 0 saturated carbocycles. The van der Waals surface area contributed by atoms with E-state index in [0.717, 1.165) is 12.8 Å². The molecule has 2 amide bonds. The van der Waals surface area contributed by atoms with E-state index in [4.69, 9.17) is 0 Å². The Morgan fingerprint density at radius 2 is 2.06 bits per heavy atom. The predicted molar refractivity (Wildman–Crippen MR) is 65.3 cm³/mol. The number of nitrogens with zero attached hydrogens (tertiary/aromatic N) is 1. The first-order valence-corrected chi connectivity index (χ1v) is 6.11. The van der Waals surface area contributed by atoms with Crippen molar-refractivity contribution in [2.24, 2.45) is 0 Å². The van der Waals surface area contributed by atoms with E-state index < -0.39 is 0 Å². The Morgan fingerprint density at radius 1 is 1.35 bits per heavy atom. The Kier molecular flexibility index (Phi) is 3.57. The smallest absolute Gasteiger partial charge is 0.229 e. The first-order chi connectivity index (χ1) is 8.22. The first kappa shape index (κ1) is 11.8. The van der Waals surface area contributed by atoms with Crippen molar-refractivity contribution < 1.29 is 9.59 Å². The molecule has 2 rings (SSSR count). The first-order valence-electron chi connectivity index (χ1n) is 6.11. The van der Waals surface area contributed by atoms with Crippen molar-refractivity contribution in [2.75, 3.05) is 0 Å². The SMILES string of the molecule is CCC(=O)N1C(=O)CC[C@@H]1Cc1ccccc1. The van der Waals surface area contributed by atoms with E-state index in [1.165, 1.54) is 10.5 Å². The van der Waals surface area contributed by atoms with Crippen molar-refractivity contribution in [3.8, 4) is 0 Å². The molecule has 1 aliphatic heterocycles. The van der Waals surface area contributed by atoms with Gasteiger partial charge in [-0.2, -0.15) is 0 Å². The maximum absolute atomic E-state index is 11.7. The van der Waals surface area contributed by atoms with Crippen molar-refractivity contribution >= 4 is 11.8 Å². The normalized spacial score (nSPS) is 19.7. The van der Waals surface area contributed by atoms with Crippen molar-refractivity contribution in [3.63, 3.8) is 0 Å². The van der Waals surface area contributed by atoms with Crippen LogP contribution in [0.3, 0.4) is 0 Å². The summed E-state index contributed by atoms with van der Waals surface area (Å²) in [4.78, 5) is 24.9. The van der Waals surface area contributed by atoms with Gasteiger partial charge < -0.3 is 0 Å². The summed E-state index contributed by atoms with van der Waals surface area (Å²) in [7, 11) is 0. The van der Waals surface area contributed by atoms with Gasteiger partial charge in [-0.3, -0.25) is 14.5 Å². The molecule has 17 heavy (non-hydrogen) atoms. The van der Waals surface area contributed by atoms with Crippen LogP contribution in [0.15, 0.2) is 30.3 Å². The summed E-state index contributed by atoms with van der Waals surface area (Å²) in [5.41, 5.74) is 1.18. The molecule has 1 atom stereocenters. The van der Waals surface area contributed by atoms with Crippen molar-refractivity contribution in [1.82, 2.24) is 4.90 Å². The largest absolute Gasteiger partial charge is 0.279 e. The lowest BCUT2D eigenvalue weighted by molar-refractivity contribution is -0.143. The second kappa shape index (κ2) is 5.13. The standard InChI is InChI=1S/C14H17NO2/c1-2-13(16)15-12(8-9-14(15)17)10-11-6-4-3-5-7-11/h3-7,12H,2,8-10H2,1H3/t12-/m1/s1. The Labute approximate surface area is 101 Å². The molecule has 1 aromatic rings. The van der Waals surface area contributed by atoms with Crippen LogP contribution in [0, 0.1) is 0 Å². The quantitative estimate of drug-likeness (QED) is 0.799. The van der Waals surface area contributed by atoms with E-state index in [2.05, 4.69) is 0 Å². The molecule has 1 aliphatic rings. The number of benzene rings is 1. The van der Waals surface area contributed by atoms with Gasteiger partial charge in [0.1, 0.15) is 0 Å². The Bertz CT molecular complexity index is 413. The topological polar surface area (TPSA) is 37.4 Å². The number of carbonyl (C=O) groups excluding carboxylic acids is 2. The van der Waals surface area contributed by atoms with Gasteiger partial charge in [-0.05, 0) is 18.4 Å². The molecule has 1 heterocycles. The molecule has 0 aliphatic carbocycles. The average Bonchev–Trinajstić information content (AvgIpc) is 2.71. The van der Waals surface area contributed by atoms with Crippen LogP contribution in [0.1, 0.15) is 31.7 Å². The van der Waals surface area contributed by atoms with E-state index in [1.807, 2.05) is 30.3 Å². The molecule has 0 unspecified atom stereocenters. The Balaban J connectivity index is 2.10. The second-order valence-corrected chi connectivity index (χ2v) is 4.39. The lowest BCUT2D eigenvalue weighted by Gasteiger charge is -2.22. The maximum Gasteiger partial charge on any atom is 0.229 e. The monoisotopic (exact) mass is 231 g/mol. The average molecular weight is 231 g/mol. The molecule has 0 spiro atoms. The van der Waals surface area contributed by atoms with Crippen LogP contribution in [-0.4, -0.2) is 22.8 Å². The van der Waals surface area contributed by atoms with Crippen LogP contribution < -0.4 is 0 Å². The zero-order valence-corrected chi connectivity index (χ0v) is 10.1. The van der Waals surface area contributed by atoms with Crippen LogP contribution in [0.5, 0.6) is 0 Å². The number of rotatable bonds is 3. The van der Waals surface area contributed by atoms with Gasteiger partial charge >= 0.3 is 0 Å². The fourth-order valence-electron chi connectivity index (χ4n) is 2.34. The van der Waals surface area contributed by atoms with E-state index in [1.54, 1.807) is 6.92 Å². The molecule has 90 valence electrons. The van der Waals surface area contributed by atoms with Crippen molar-refractivity contribution in [2.45, 2.75) is 38.6 Å². The lowest BCUT2D eigenvalue weighted by atomic mass is 10.0. The molecule has 3 nitrogen and oxygen atoms in total. The number of hydrogen-bond donors (Lipinski definition) is 0. The summed E-state index contributed by atoms with van der Waals surface area (Å²) < 4.78 is 0. The predicted octanol–water partition coefficient (Wildman–Crippen LogP) is 2.16. The summed E-state index contributed by atoms with van der Waals surface area (Å²) in [5, 5.41) is 0. The highest BCUT2D eigenvalue weighted by Crippen LogP contribution is 2.23. The summed E-state index contributed by atoms with van der Waals surface area (Å²) in [5.74, 6) is -0.0637. The van der Waals surface area contributed by atoms with Crippen LogP contribution in [0.2, 0.25) is 0 Å². The number of likely N-dealkylation sites (tertiary alicyclic amines) is 1. The van der Waals surface area contributed by atoms with Gasteiger partial charge in [0.25, 0.3) is 0 Å². The molecule has 0 radical (unpaired) electrons. The highest BCUT2D eigenvalue weighted by molar-refractivity contribution is 5.97. The fourth-order valence-corrected chi connectivity index (χ4v) is 2.34. The molecular weight excluding hydrogens is 214 g/mol. The third-order valence-corrected chi connectivity index (χ3v) is 3.21. The highest BCUT2D eigenvalue weighted by atomic mass is 16.2. The van der Waals surface area contributed by atoms with Gasteiger partial charge in [-0.25, -0.2) is 0 Å². The fraction of sp³-hybridized carbons (Fsp3) is 0.429. The molecule has 1 saturated heterocycles. The lowest BCUT2D eigenvalue weighted by Crippen LogP contribution is -2.39. The second-order valence-electron chi connectivity index (χ2n) is 4.39.